The molecule has 6 aromatic carbocycles. The first-order valence-corrected chi connectivity index (χ1v) is 13.9. The van der Waals surface area contributed by atoms with Crippen LogP contribution in [0.5, 0.6) is 5.75 Å². The minimum atomic E-state index is -0.286. The molecule has 5 heteroatoms. The molecule has 0 aliphatic rings. The fraction of sp³-hybridized carbons (Fsp3) is 0.105. The van der Waals surface area contributed by atoms with Crippen molar-refractivity contribution in [2.45, 2.75) is 27.1 Å². The lowest BCUT2D eigenvalue weighted by Crippen LogP contribution is -1.98. The van der Waals surface area contributed by atoms with E-state index in [4.69, 9.17) is 9.84 Å². The molecule has 0 bridgehead atoms. The summed E-state index contributed by atoms with van der Waals surface area (Å²) < 4.78 is 19.2. The number of aliphatic hydroxyl groups is 1. The topological polar surface area (TPSA) is 63.6 Å². The maximum Gasteiger partial charge on any atom is 0.160 e. The molecule has 0 radical (unpaired) electrons. The molecule has 0 heterocycles. The van der Waals surface area contributed by atoms with Crippen molar-refractivity contribution in [3.8, 4) is 5.75 Å². The summed E-state index contributed by atoms with van der Waals surface area (Å²) in [4.78, 5) is 23.0. The minimum absolute atomic E-state index is 0.0406. The van der Waals surface area contributed by atoms with Crippen LogP contribution in [0.2, 0.25) is 0 Å². The van der Waals surface area contributed by atoms with Crippen LogP contribution in [0, 0.1) is 5.82 Å². The Balaban J connectivity index is 0.000000165. The van der Waals surface area contributed by atoms with Crippen molar-refractivity contribution in [1.82, 2.24) is 0 Å². The highest BCUT2D eigenvalue weighted by atomic mass is 19.1. The van der Waals surface area contributed by atoms with E-state index in [0.29, 0.717) is 22.9 Å². The molecular weight excluding hydrogens is 539 g/mol. The Kier molecular flexibility index (Phi) is 10.9. The van der Waals surface area contributed by atoms with Gasteiger partial charge in [0.25, 0.3) is 0 Å². The van der Waals surface area contributed by atoms with E-state index < -0.39 is 0 Å². The number of Topliss-reactive ketones (excluding diaryl/α,β-unsaturated/α-hetero) is 2. The van der Waals surface area contributed by atoms with Crippen LogP contribution in [0.3, 0.4) is 0 Å². The van der Waals surface area contributed by atoms with Crippen molar-refractivity contribution in [3.05, 3.63) is 162 Å². The van der Waals surface area contributed by atoms with Crippen molar-refractivity contribution >= 4 is 33.1 Å². The number of hydrogen-bond donors (Lipinski definition) is 1. The number of carbonyl (C=O) groups excluding carboxylic acids is 2. The molecule has 0 aliphatic heterocycles. The number of rotatable bonds is 6. The summed E-state index contributed by atoms with van der Waals surface area (Å²) >= 11 is 0. The van der Waals surface area contributed by atoms with E-state index in [9.17, 15) is 14.0 Å². The Labute approximate surface area is 251 Å². The summed E-state index contributed by atoms with van der Waals surface area (Å²) in [7, 11) is 0. The van der Waals surface area contributed by atoms with Gasteiger partial charge in [-0.25, -0.2) is 4.39 Å². The highest BCUT2D eigenvalue weighted by Gasteiger charge is 2.10. The molecule has 0 unspecified atom stereocenters. The second-order valence-corrected chi connectivity index (χ2v) is 9.83. The van der Waals surface area contributed by atoms with Gasteiger partial charge in [0.05, 0.1) is 6.61 Å². The third-order valence-electron chi connectivity index (χ3n) is 6.78. The van der Waals surface area contributed by atoms with E-state index >= 15 is 0 Å². The SMILES string of the molecule is CC(=O)c1ccc(F)c2ccccc12.CC(=O)c1ccc(OCc2ccccc2)c2ccccc12.OCc1ccccc1. The second-order valence-electron chi connectivity index (χ2n) is 9.83. The molecule has 0 atom stereocenters. The van der Waals surface area contributed by atoms with Gasteiger partial charge in [-0.15, -0.1) is 0 Å². The van der Waals surface area contributed by atoms with Crippen LogP contribution in [0.15, 0.2) is 133 Å². The van der Waals surface area contributed by atoms with Gasteiger partial charge in [0.2, 0.25) is 0 Å². The number of hydrogen-bond acceptors (Lipinski definition) is 4. The van der Waals surface area contributed by atoms with Crippen LogP contribution in [-0.4, -0.2) is 16.7 Å². The molecule has 0 saturated heterocycles. The number of ether oxygens (including phenoxy) is 1. The largest absolute Gasteiger partial charge is 0.488 e. The van der Waals surface area contributed by atoms with E-state index in [-0.39, 0.29) is 24.0 Å². The molecule has 0 aromatic heterocycles. The molecule has 216 valence electrons. The first kappa shape index (κ1) is 30.8. The Morgan fingerprint density at radius 2 is 1.00 bits per heavy atom. The lowest BCUT2D eigenvalue weighted by Gasteiger charge is -2.11. The second kappa shape index (κ2) is 15.2. The normalized spacial score (nSPS) is 10.2. The van der Waals surface area contributed by atoms with Crippen molar-refractivity contribution < 1.29 is 23.8 Å². The number of ketones is 2. The summed E-state index contributed by atoms with van der Waals surface area (Å²) in [6.07, 6.45) is 0. The van der Waals surface area contributed by atoms with Gasteiger partial charge in [-0.2, -0.15) is 0 Å². The summed E-state index contributed by atoms with van der Waals surface area (Å²) in [5, 5.41) is 11.6. The Hall–Kier alpha value is -5.13. The predicted octanol–water partition coefficient (Wildman–Crippen LogP) is 8.98. The van der Waals surface area contributed by atoms with Gasteiger partial charge in [0.1, 0.15) is 18.2 Å². The molecule has 0 amide bonds. The minimum Gasteiger partial charge on any atom is -0.488 e. The van der Waals surface area contributed by atoms with Crippen LogP contribution in [0.4, 0.5) is 4.39 Å². The van der Waals surface area contributed by atoms with E-state index in [2.05, 4.69) is 0 Å². The monoisotopic (exact) mass is 572 g/mol. The third-order valence-corrected chi connectivity index (χ3v) is 6.78. The fourth-order valence-corrected chi connectivity index (χ4v) is 4.59. The average Bonchev–Trinajstić information content (AvgIpc) is 3.05. The zero-order chi connectivity index (χ0) is 30.6. The van der Waals surface area contributed by atoms with Crippen molar-refractivity contribution in [2.75, 3.05) is 0 Å². The summed E-state index contributed by atoms with van der Waals surface area (Å²) in [5.74, 6) is 0.548. The first-order chi connectivity index (χ1) is 20.9. The highest BCUT2D eigenvalue weighted by Crippen LogP contribution is 2.29. The third kappa shape index (κ3) is 8.22. The van der Waals surface area contributed by atoms with Crippen molar-refractivity contribution in [3.63, 3.8) is 0 Å². The van der Waals surface area contributed by atoms with Crippen LogP contribution >= 0.6 is 0 Å². The molecule has 6 aromatic rings. The van der Waals surface area contributed by atoms with Crippen LogP contribution in [-0.2, 0) is 13.2 Å². The Bertz CT molecular complexity index is 1820. The lowest BCUT2D eigenvalue weighted by molar-refractivity contribution is 0.101. The lowest BCUT2D eigenvalue weighted by atomic mass is 10.0. The van der Waals surface area contributed by atoms with Crippen LogP contribution in [0.1, 0.15) is 45.7 Å². The molecule has 4 nitrogen and oxygen atoms in total. The van der Waals surface area contributed by atoms with Gasteiger partial charge < -0.3 is 9.84 Å². The summed E-state index contributed by atoms with van der Waals surface area (Å²) in [5.41, 5.74) is 3.39. The van der Waals surface area contributed by atoms with Gasteiger partial charge in [-0.1, -0.05) is 109 Å². The van der Waals surface area contributed by atoms with E-state index in [0.717, 1.165) is 33.2 Å². The van der Waals surface area contributed by atoms with Crippen molar-refractivity contribution in [1.29, 1.82) is 0 Å². The number of benzene rings is 6. The fourth-order valence-electron chi connectivity index (χ4n) is 4.59. The van der Waals surface area contributed by atoms with Gasteiger partial charge in [-0.3, -0.25) is 9.59 Å². The van der Waals surface area contributed by atoms with E-state index in [1.807, 2.05) is 97.1 Å². The Morgan fingerprint density at radius 3 is 1.51 bits per heavy atom. The molecule has 1 N–H and O–H groups in total. The zero-order valence-electron chi connectivity index (χ0n) is 24.2. The van der Waals surface area contributed by atoms with Gasteiger partial charge in [0, 0.05) is 21.9 Å². The zero-order valence-corrected chi connectivity index (χ0v) is 24.2. The van der Waals surface area contributed by atoms with Crippen molar-refractivity contribution in [2.24, 2.45) is 0 Å². The van der Waals surface area contributed by atoms with Gasteiger partial charge in [-0.05, 0) is 60.0 Å². The highest BCUT2D eigenvalue weighted by molar-refractivity contribution is 6.08. The molecule has 0 spiro atoms. The summed E-state index contributed by atoms with van der Waals surface area (Å²) in [6.45, 7) is 3.73. The molecule has 6 rings (SSSR count). The van der Waals surface area contributed by atoms with Crippen LogP contribution in [0.25, 0.3) is 21.5 Å². The average molecular weight is 573 g/mol. The van der Waals surface area contributed by atoms with Gasteiger partial charge in [0.15, 0.2) is 11.6 Å². The number of carbonyl (C=O) groups is 2. The molecule has 0 saturated carbocycles. The smallest absolute Gasteiger partial charge is 0.160 e. The van der Waals surface area contributed by atoms with E-state index in [1.165, 1.54) is 19.1 Å². The molecular formula is C38H33FO4. The Morgan fingerprint density at radius 1 is 0.558 bits per heavy atom. The molecule has 0 aliphatic carbocycles. The first-order valence-electron chi connectivity index (χ1n) is 13.9. The number of fused-ring (bicyclic) bond motifs is 2. The summed E-state index contributed by atoms with van der Waals surface area (Å²) in [6, 6.07) is 41.0. The van der Waals surface area contributed by atoms with Gasteiger partial charge >= 0.3 is 0 Å². The van der Waals surface area contributed by atoms with Crippen LogP contribution < -0.4 is 4.74 Å². The quantitative estimate of drug-likeness (QED) is 0.202. The molecule has 43 heavy (non-hydrogen) atoms. The maximum atomic E-state index is 13.3. The predicted molar refractivity (Wildman–Crippen MR) is 171 cm³/mol. The number of aliphatic hydroxyl groups excluding tert-OH is 1. The maximum absolute atomic E-state index is 13.3. The molecule has 0 fully saturated rings. The van der Waals surface area contributed by atoms with E-state index in [1.54, 1.807) is 31.2 Å². The number of halogens is 1. The standard InChI is InChI=1S/C19H16O2.C12H9FO.C7H8O/c1-14(20)16-11-12-19(18-10-6-5-9-17(16)18)21-13-15-7-3-2-4-8-15;1-8(14)9-6-7-12(13)11-5-3-2-4-10(9)11;8-6-7-4-2-1-3-5-7/h2-12H,13H2,1H3;2-7H,1H3;1-5,8H,6H2.